The van der Waals surface area contributed by atoms with E-state index in [1.165, 1.54) is 0 Å². The van der Waals surface area contributed by atoms with Crippen LogP contribution in [0.25, 0.3) is 0 Å². The van der Waals surface area contributed by atoms with Gasteiger partial charge < -0.3 is 10.1 Å². The molecule has 0 bridgehead atoms. The molecule has 0 saturated heterocycles. The number of halogens is 2. The van der Waals surface area contributed by atoms with Gasteiger partial charge in [0.1, 0.15) is 5.60 Å². The van der Waals surface area contributed by atoms with E-state index in [-0.39, 0.29) is 6.04 Å². The van der Waals surface area contributed by atoms with Crippen molar-refractivity contribution in [2.24, 2.45) is 0 Å². The summed E-state index contributed by atoms with van der Waals surface area (Å²) in [6.45, 7) is 7.27. The summed E-state index contributed by atoms with van der Waals surface area (Å²) >= 11 is 5.50. The maximum Gasteiger partial charge on any atom is 0.407 e. The molecular formula is C9H19Cl2NO4S. The van der Waals surface area contributed by atoms with E-state index in [9.17, 15) is 13.2 Å². The Balaban J connectivity index is 0. The predicted molar refractivity (Wildman–Crippen MR) is 70.2 cm³/mol. The SMILES string of the molecule is CS(=O)(=O)Cl.C[C@@H](CCl)NC(=O)OC(C)(C)C. The zero-order valence-corrected chi connectivity index (χ0v) is 12.9. The summed E-state index contributed by atoms with van der Waals surface area (Å²) in [7, 11) is 1.31. The number of alkyl halides is 1. The second-order valence-electron chi connectivity index (χ2n) is 4.38. The highest BCUT2D eigenvalue weighted by molar-refractivity contribution is 8.13. The highest BCUT2D eigenvalue weighted by atomic mass is 35.7. The van der Waals surface area contributed by atoms with Gasteiger partial charge in [0.25, 0.3) is 0 Å². The zero-order chi connectivity index (χ0) is 14.3. The summed E-state index contributed by atoms with van der Waals surface area (Å²) in [6, 6.07) is -0.0542. The van der Waals surface area contributed by atoms with Crippen LogP contribution in [0, 0.1) is 0 Å². The quantitative estimate of drug-likeness (QED) is 0.627. The van der Waals surface area contributed by atoms with Crippen LogP contribution in [0.5, 0.6) is 0 Å². The number of hydrogen-bond acceptors (Lipinski definition) is 4. The molecule has 0 fully saturated rings. The van der Waals surface area contributed by atoms with Crippen molar-refractivity contribution in [3.63, 3.8) is 0 Å². The average Bonchev–Trinajstić information content (AvgIpc) is 1.96. The second-order valence-corrected chi connectivity index (χ2v) is 7.74. The fourth-order valence-electron chi connectivity index (χ4n) is 0.547. The molecule has 17 heavy (non-hydrogen) atoms. The van der Waals surface area contributed by atoms with Gasteiger partial charge in [-0.1, -0.05) is 0 Å². The van der Waals surface area contributed by atoms with E-state index in [4.69, 9.17) is 16.3 Å². The number of ether oxygens (including phenoxy) is 1. The van der Waals surface area contributed by atoms with Crippen LogP contribution >= 0.6 is 22.3 Å². The molecule has 8 heteroatoms. The number of carbonyl (C=O) groups excluding carboxylic acids is 1. The van der Waals surface area contributed by atoms with E-state index < -0.39 is 20.7 Å². The molecule has 0 rings (SSSR count). The molecule has 104 valence electrons. The standard InChI is InChI=1S/C8H16ClNO2.CH3ClO2S/c1-6(5-9)10-7(11)12-8(2,3)4;1-5(2,3)4/h6H,5H2,1-4H3,(H,10,11);1H3/t6-;/m0./s1. The van der Waals surface area contributed by atoms with Crippen molar-refractivity contribution in [3.8, 4) is 0 Å². The molecule has 0 radical (unpaired) electrons. The Hall–Kier alpha value is -0.200. The third-order valence-electron chi connectivity index (χ3n) is 0.995. The molecule has 1 amide bonds. The molecule has 0 saturated carbocycles. The van der Waals surface area contributed by atoms with E-state index in [1.54, 1.807) is 0 Å². The largest absolute Gasteiger partial charge is 0.444 e. The molecule has 0 heterocycles. The van der Waals surface area contributed by atoms with E-state index in [1.807, 2.05) is 27.7 Å². The highest BCUT2D eigenvalue weighted by Gasteiger charge is 2.16. The van der Waals surface area contributed by atoms with E-state index in [0.29, 0.717) is 5.88 Å². The third kappa shape index (κ3) is 25.8. The Kier molecular flexibility index (Phi) is 9.01. The predicted octanol–water partition coefficient (Wildman–Crippen LogP) is 2.32. The molecule has 0 aliphatic rings. The molecule has 0 aromatic rings. The Labute approximate surface area is 112 Å². The van der Waals surface area contributed by atoms with Gasteiger partial charge in [0.05, 0.1) is 6.26 Å². The van der Waals surface area contributed by atoms with Crippen LogP contribution in [0.15, 0.2) is 0 Å². The van der Waals surface area contributed by atoms with Gasteiger partial charge in [-0.3, -0.25) is 0 Å². The Morgan fingerprint density at radius 1 is 1.41 bits per heavy atom. The lowest BCUT2D eigenvalue weighted by atomic mass is 10.2. The zero-order valence-electron chi connectivity index (χ0n) is 10.6. The fraction of sp³-hybridized carbons (Fsp3) is 0.889. The fourth-order valence-corrected chi connectivity index (χ4v) is 0.624. The average molecular weight is 308 g/mol. The van der Waals surface area contributed by atoms with Crippen LogP contribution in [0.4, 0.5) is 4.79 Å². The minimum absolute atomic E-state index is 0.0542. The van der Waals surface area contributed by atoms with E-state index in [2.05, 4.69) is 16.0 Å². The Bertz CT molecular complexity index is 316. The first-order valence-corrected chi connectivity index (χ1v) is 8.05. The number of rotatable bonds is 2. The lowest BCUT2D eigenvalue weighted by Crippen LogP contribution is -2.38. The van der Waals surface area contributed by atoms with Crippen LogP contribution in [0.2, 0.25) is 0 Å². The van der Waals surface area contributed by atoms with Gasteiger partial charge in [-0.25, -0.2) is 13.2 Å². The van der Waals surface area contributed by atoms with Gasteiger partial charge in [0.2, 0.25) is 9.05 Å². The van der Waals surface area contributed by atoms with Crippen molar-refractivity contribution >= 4 is 37.4 Å². The Morgan fingerprint density at radius 2 is 1.76 bits per heavy atom. The van der Waals surface area contributed by atoms with Gasteiger partial charge >= 0.3 is 6.09 Å². The molecule has 1 N–H and O–H groups in total. The van der Waals surface area contributed by atoms with Crippen LogP contribution in [0.1, 0.15) is 27.7 Å². The molecular weight excluding hydrogens is 289 g/mol. The van der Waals surface area contributed by atoms with Crippen molar-refractivity contribution in [3.05, 3.63) is 0 Å². The van der Waals surface area contributed by atoms with Crippen LogP contribution in [-0.4, -0.2) is 38.3 Å². The molecule has 5 nitrogen and oxygen atoms in total. The van der Waals surface area contributed by atoms with Crippen molar-refractivity contribution in [2.75, 3.05) is 12.1 Å². The second kappa shape index (κ2) is 8.00. The third-order valence-corrected chi connectivity index (χ3v) is 1.46. The molecule has 0 aliphatic carbocycles. The first-order valence-electron chi connectivity index (χ1n) is 4.80. The molecule has 0 aromatic heterocycles. The first-order chi connectivity index (χ1) is 7.35. The minimum atomic E-state index is -3.19. The number of amides is 1. The topological polar surface area (TPSA) is 72.5 Å². The molecule has 1 atom stereocenters. The minimum Gasteiger partial charge on any atom is -0.444 e. The van der Waals surface area contributed by atoms with Crippen molar-refractivity contribution in [1.29, 1.82) is 0 Å². The first kappa shape index (κ1) is 19.1. The molecule has 0 aromatic carbocycles. The van der Waals surface area contributed by atoms with Crippen molar-refractivity contribution < 1.29 is 17.9 Å². The smallest absolute Gasteiger partial charge is 0.407 e. The van der Waals surface area contributed by atoms with E-state index >= 15 is 0 Å². The summed E-state index contributed by atoms with van der Waals surface area (Å²) in [5.74, 6) is 0.388. The molecule has 0 spiro atoms. The van der Waals surface area contributed by atoms with Crippen molar-refractivity contribution in [1.82, 2.24) is 5.32 Å². The summed E-state index contributed by atoms with van der Waals surface area (Å²) < 4.78 is 23.8. The summed E-state index contributed by atoms with van der Waals surface area (Å²) in [4.78, 5) is 11.0. The maximum absolute atomic E-state index is 11.0. The van der Waals surface area contributed by atoms with Crippen LogP contribution in [-0.2, 0) is 13.8 Å². The number of alkyl carbamates (subject to hydrolysis) is 1. The van der Waals surface area contributed by atoms with Crippen molar-refractivity contribution in [2.45, 2.75) is 39.3 Å². The summed E-state index contributed by atoms with van der Waals surface area (Å²) in [5.41, 5.74) is -0.448. The number of carbonyl (C=O) groups is 1. The highest BCUT2D eigenvalue weighted by Crippen LogP contribution is 2.06. The normalized spacial score (nSPS) is 13.1. The summed E-state index contributed by atoms with van der Waals surface area (Å²) in [5, 5.41) is 2.59. The lowest BCUT2D eigenvalue weighted by molar-refractivity contribution is 0.0513. The Morgan fingerprint density at radius 3 is 2.00 bits per heavy atom. The van der Waals surface area contributed by atoms with Gasteiger partial charge in [-0.15, -0.1) is 11.6 Å². The summed E-state index contributed by atoms with van der Waals surface area (Å²) in [6.07, 6.45) is 0.504. The van der Waals surface area contributed by atoms with Crippen LogP contribution < -0.4 is 5.32 Å². The van der Waals surface area contributed by atoms with Crippen LogP contribution in [0.3, 0.4) is 0 Å². The maximum atomic E-state index is 11.0. The lowest BCUT2D eigenvalue weighted by Gasteiger charge is -2.21. The number of hydrogen-bond donors (Lipinski definition) is 1. The monoisotopic (exact) mass is 307 g/mol. The van der Waals surface area contributed by atoms with Gasteiger partial charge in [0, 0.05) is 22.6 Å². The van der Waals surface area contributed by atoms with Gasteiger partial charge in [-0.2, -0.15) is 0 Å². The van der Waals surface area contributed by atoms with E-state index in [0.717, 1.165) is 6.26 Å². The molecule has 0 unspecified atom stereocenters. The van der Waals surface area contributed by atoms with Gasteiger partial charge in [0.15, 0.2) is 0 Å². The number of nitrogens with one attached hydrogen (secondary N) is 1. The molecule has 0 aliphatic heterocycles. The van der Waals surface area contributed by atoms with Gasteiger partial charge in [-0.05, 0) is 27.7 Å².